The van der Waals surface area contributed by atoms with E-state index in [-0.39, 0.29) is 5.78 Å². The molecular formula is C16H15BrO2. The third-order valence-electron chi connectivity index (χ3n) is 3.01. The van der Waals surface area contributed by atoms with Crippen LogP contribution in [0.4, 0.5) is 0 Å². The van der Waals surface area contributed by atoms with E-state index in [9.17, 15) is 4.79 Å². The first-order valence-electron chi connectivity index (χ1n) is 5.98. The Balaban J connectivity index is 2.45. The van der Waals surface area contributed by atoms with Crippen molar-refractivity contribution in [2.45, 2.75) is 13.8 Å². The molecule has 19 heavy (non-hydrogen) atoms. The molecule has 0 N–H and O–H groups in total. The third-order valence-corrected chi connectivity index (χ3v) is 3.51. The molecule has 0 spiro atoms. The van der Waals surface area contributed by atoms with Crippen molar-refractivity contribution in [1.82, 2.24) is 0 Å². The fraction of sp³-hybridized carbons (Fsp3) is 0.188. The number of halogens is 1. The number of ketones is 1. The summed E-state index contributed by atoms with van der Waals surface area (Å²) in [6, 6.07) is 11.2. The molecule has 2 rings (SSSR count). The number of hydrogen-bond acceptors (Lipinski definition) is 2. The monoisotopic (exact) mass is 318 g/mol. The first-order valence-corrected chi connectivity index (χ1v) is 6.77. The molecule has 0 aromatic heterocycles. The van der Waals surface area contributed by atoms with Crippen LogP contribution in [0.5, 0.6) is 5.75 Å². The van der Waals surface area contributed by atoms with E-state index in [0.717, 1.165) is 21.3 Å². The highest BCUT2D eigenvalue weighted by atomic mass is 79.9. The van der Waals surface area contributed by atoms with E-state index in [2.05, 4.69) is 15.9 Å². The number of methoxy groups -OCH3 is 1. The highest BCUT2D eigenvalue weighted by molar-refractivity contribution is 9.10. The van der Waals surface area contributed by atoms with Crippen LogP contribution in [0.25, 0.3) is 0 Å². The molecule has 0 fully saturated rings. The average molecular weight is 319 g/mol. The van der Waals surface area contributed by atoms with Crippen LogP contribution in [0, 0.1) is 13.8 Å². The second-order valence-electron chi connectivity index (χ2n) is 4.48. The van der Waals surface area contributed by atoms with Gasteiger partial charge in [0.1, 0.15) is 5.75 Å². The van der Waals surface area contributed by atoms with Gasteiger partial charge in [-0.3, -0.25) is 4.79 Å². The van der Waals surface area contributed by atoms with Gasteiger partial charge in [0.25, 0.3) is 0 Å². The smallest absolute Gasteiger partial charge is 0.193 e. The summed E-state index contributed by atoms with van der Waals surface area (Å²) in [7, 11) is 1.64. The van der Waals surface area contributed by atoms with E-state index >= 15 is 0 Å². The zero-order valence-electron chi connectivity index (χ0n) is 11.2. The summed E-state index contributed by atoms with van der Waals surface area (Å²) in [5.41, 5.74) is 3.31. The second-order valence-corrected chi connectivity index (χ2v) is 5.40. The Kier molecular flexibility index (Phi) is 4.05. The van der Waals surface area contributed by atoms with Gasteiger partial charge in [0.2, 0.25) is 0 Å². The third kappa shape index (κ3) is 2.87. The molecule has 0 bridgehead atoms. The van der Waals surface area contributed by atoms with Gasteiger partial charge in [-0.2, -0.15) is 0 Å². The van der Waals surface area contributed by atoms with Gasteiger partial charge in [0.15, 0.2) is 5.78 Å². The fourth-order valence-corrected chi connectivity index (χ4v) is 2.60. The molecule has 3 heteroatoms. The van der Waals surface area contributed by atoms with Crippen molar-refractivity contribution in [3.63, 3.8) is 0 Å². The maximum Gasteiger partial charge on any atom is 0.193 e. The molecule has 0 aliphatic heterocycles. The van der Waals surface area contributed by atoms with Crippen molar-refractivity contribution >= 4 is 21.7 Å². The molecule has 0 saturated heterocycles. The molecule has 2 aromatic carbocycles. The lowest BCUT2D eigenvalue weighted by atomic mass is 9.98. The van der Waals surface area contributed by atoms with Gasteiger partial charge >= 0.3 is 0 Å². The van der Waals surface area contributed by atoms with Crippen LogP contribution in [0.1, 0.15) is 27.0 Å². The zero-order chi connectivity index (χ0) is 14.0. The summed E-state index contributed by atoms with van der Waals surface area (Å²) >= 11 is 3.38. The summed E-state index contributed by atoms with van der Waals surface area (Å²) in [5, 5.41) is 0. The van der Waals surface area contributed by atoms with E-state index in [1.165, 1.54) is 0 Å². The second kappa shape index (κ2) is 5.57. The van der Waals surface area contributed by atoms with E-state index < -0.39 is 0 Å². The number of rotatable bonds is 3. The molecule has 0 heterocycles. The topological polar surface area (TPSA) is 26.3 Å². The van der Waals surface area contributed by atoms with Crippen LogP contribution in [0.3, 0.4) is 0 Å². The quantitative estimate of drug-likeness (QED) is 0.788. The van der Waals surface area contributed by atoms with E-state index in [1.807, 2.05) is 50.2 Å². The summed E-state index contributed by atoms with van der Waals surface area (Å²) in [5.74, 6) is 0.862. The van der Waals surface area contributed by atoms with Crippen LogP contribution in [-0.4, -0.2) is 12.9 Å². The summed E-state index contributed by atoms with van der Waals surface area (Å²) in [6.45, 7) is 3.90. The van der Waals surface area contributed by atoms with Crippen LogP contribution >= 0.6 is 15.9 Å². The maximum atomic E-state index is 12.4. The van der Waals surface area contributed by atoms with Crippen LogP contribution in [0.15, 0.2) is 40.9 Å². The maximum absolute atomic E-state index is 12.4. The Morgan fingerprint density at radius 1 is 1.05 bits per heavy atom. The van der Waals surface area contributed by atoms with Gasteiger partial charge in [-0.15, -0.1) is 0 Å². The standard InChI is InChI=1S/C16H15BrO2/c1-10-7-13(8-11(2)16(10)19-3)15(18)12-5-4-6-14(17)9-12/h4-9H,1-3H3. The van der Waals surface area contributed by atoms with Gasteiger partial charge in [0.05, 0.1) is 7.11 Å². The van der Waals surface area contributed by atoms with Gasteiger partial charge in [-0.25, -0.2) is 0 Å². The minimum Gasteiger partial charge on any atom is -0.496 e. The van der Waals surface area contributed by atoms with Crippen molar-refractivity contribution in [2.24, 2.45) is 0 Å². The largest absolute Gasteiger partial charge is 0.496 e. The minimum atomic E-state index is 0.0233. The molecule has 0 atom stereocenters. The normalized spacial score (nSPS) is 10.3. The average Bonchev–Trinajstić information content (AvgIpc) is 2.37. The number of hydrogen-bond donors (Lipinski definition) is 0. The molecule has 2 aromatic rings. The lowest BCUT2D eigenvalue weighted by Crippen LogP contribution is -2.03. The van der Waals surface area contributed by atoms with Crippen LogP contribution < -0.4 is 4.74 Å². The molecule has 0 amide bonds. The predicted molar refractivity (Wildman–Crippen MR) is 80.0 cm³/mol. The first kappa shape index (κ1) is 13.8. The molecular weight excluding hydrogens is 304 g/mol. The zero-order valence-corrected chi connectivity index (χ0v) is 12.7. The molecule has 0 radical (unpaired) electrons. The lowest BCUT2D eigenvalue weighted by molar-refractivity contribution is 0.103. The summed E-state index contributed by atoms with van der Waals surface area (Å²) in [4.78, 5) is 12.4. The van der Waals surface area contributed by atoms with Crippen molar-refractivity contribution < 1.29 is 9.53 Å². The van der Waals surface area contributed by atoms with Gasteiger partial charge in [-0.1, -0.05) is 28.1 Å². The van der Waals surface area contributed by atoms with Gasteiger partial charge in [0, 0.05) is 15.6 Å². The summed E-state index contributed by atoms with van der Waals surface area (Å²) in [6.07, 6.45) is 0. The fourth-order valence-electron chi connectivity index (χ4n) is 2.20. The molecule has 0 aliphatic rings. The number of aryl methyl sites for hydroxylation is 2. The predicted octanol–water partition coefficient (Wildman–Crippen LogP) is 4.31. The highest BCUT2D eigenvalue weighted by Gasteiger charge is 2.13. The van der Waals surface area contributed by atoms with E-state index in [1.54, 1.807) is 7.11 Å². The molecule has 98 valence electrons. The van der Waals surface area contributed by atoms with Crippen LogP contribution in [-0.2, 0) is 0 Å². The first-order chi connectivity index (χ1) is 9.02. The molecule has 2 nitrogen and oxygen atoms in total. The number of carbonyl (C=O) groups is 1. The highest BCUT2D eigenvalue weighted by Crippen LogP contribution is 2.26. The lowest BCUT2D eigenvalue weighted by Gasteiger charge is -2.11. The molecule has 0 saturated carbocycles. The van der Waals surface area contributed by atoms with Crippen molar-refractivity contribution in [3.8, 4) is 5.75 Å². The number of benzene rings is 2. The summed E-state index contributed by atoms with van der Waals surface area (Å²) < 4.78 is 6.22. The Hall–Kier alpha value is -1.61. The van der Waals surface area contributed by atoms with Crippen LogP contribution in [0.2, 0.25) is 0 Å². The van der Waals surface area contributed by atoms with Crippen molar-refractivity contribution in [2.75, 3.05) is 7.11 Å². The van der Waals surface area contributed by atoms with Crippen molar-refractivity contribution in [1.29, 1.82) is 0 Å². The van der Waals surface area contributed by atoms with E-state index in [0.29, 0.717) is 11.1 Å². The molecule has 0 aliphatic carbocycles. The molecule has 0 unspecified atom stereocenters. The van der Waals surface area contributed by atoms with Gasteiger partial charge < -0.3 is 4.74 Å². The van der Waals surface area contributed by atoms with E-state index in [4.69, 9.17) is 4.74 Å². The van der Waals surface area contributed by atoms with Gasteiger partial charge in [-0.05, 0) is 49.2 Å². The number of ether oxygens (including phenoxy) is 1. The SMILES string of the molecule is COc1c(C)cc(C(=O)c2cccc(Br)c2)cc1C. The number of carbonyl (C=O) groups excluding carboxylic acids is 1. The Morgan fingerprint density at radius 2 is 1.68 bits per heavy atom. The Labute approximate surface area is 121 Å². The minimum absolute atomic E-state index is 0.0233. The Bertz CT molecular complexity index is 609. The Morgan fingerprint density at radius 3 is 2.21 bits per heavy atom. The van der Waals surface area contributed by atoms with Crippen molar-refractivity contribution in [3.05, 3.63) is 63.1 Å².